The first kappa shape index (κ1) is 24.5. The highest BCUT2D eigenvalue weighted by Crippen LogP contribution is 2.31. The number of nitriles is 1. The van der Waals surface area contributed by atoms with Crippen LogP contribution in [0.4, 0.5) is 5.13 Å². The molecule has 2 aromatic carbocycles. The van der Waals surface area contributed by atoms with Crippen LogP contribution >= 0.6 is 11.3 Å². The standard InChI is InChI=1S/C24H24N4O5S/c1-5-22-27-28-24(34-22)26-23(29)17(13-25)8-15-6-7-20(21(11-15)32-4)33-14-16-9-18(30-2)12-19(10-16)31-3/h6-12H,5,14H2,1-4H3,(H,26,28,29)/b17-8-. The molecule has 176 valence electrons. The number of nitrogens with zero attached hydrogens (tertiary/aromatic N) is 3. The summed E-state index contributed by atoms with van der Waals surface area (Å²) in [7, 11) is 4.68. The van der Waals surface area contributed by atoms with Gasteiger partial charge in [-0.2, -0.15) is 5.26 Å². The molecule has 0 unspecified atom stereocenters. The molecule has 10 heteroatoms. The van der Waals surface area contributed by atoms with E-state index in [1.165, 1.54) is 24.5 Å². The summed E-state index contributed by atoms with van der Waals surface area (Å²) in [5.41, 5.74) is 1.38. The van der Waals surface area contributed by atoms with Crippen molar-refractivity contribution in [2.45, 2.75) is 20.0 Å². The van der Waals surface area contributed by atoms with Crippen molar-refractivity contribution >= 4 is 28.5 Å². The first-order chi connectivity index (χ1) is 16.5. The fraction of sp³-hybridized carbons (Fsp3) is 0.250. The maximum Gasteiger partial charge on any atom is 0.268 e. The minimum absolute atomic E-state index is 0.0764. The lowest BCUT2D eigenvalue weighted by molar-refractivity contribution is -0.112. The molecule has 0 aliphatic rings. The molecule has 0 saturated heterocycles. The van der Waals surface area contributed by atoms with Crippen molar-refractivity contribution in [3.63, 3.8) is 0 Å². The number of hydrogen-bond donors (Lipinski definition) is 1. The fourth-order valence-electron chi connectivity index (χ4n) is 2.93. The van der Waals surface area contributed by atoms with Gasteiger partial charge in [0.25, 0.3) is 5.91 Å². The number of aromatic nitrogens is 2. The van der Waals surface area contributed by atoms with Gasteiger partial charge < -0.3 is 18.9 Å². The topological polar surface area (TPSA) is 116 Å². The molecule has 34 heavy (non-hydrogen) atoms. The zero-order valence-corrected chi connectivity index (χ0v) is 20.1. The molecule has 1 heterocycles. The highest BCUT2D eigenvalue weighted by molar-refractivity contribution is 7.15. The number of amides is 1. The second kappa shape index (κ2) is 11.7. The molecular formula is C24H24N4O5S. The van der Waals surface area contributed by atoms with Gasteiger partial charge in [0, 0.05) is 6.07 Å². The van der Waals surface area contributed by atoms with Crippen LogP contribution in [0.5, 0.6) is 23.0 Å². The third-order valence-corrected chi connectivity index (χ3v) is 5.64. The second-order valence-electron chi connectivity index (χ2n) is 6.90. The summed E-state index contributed by atoms with van der Waals surface area (Å²) in [6, 6.07) is 12.5. The molecule has 0 radical (unpaired) electrons. The van der Waals surface area contributed by atoms with Crippen molar-refractivity contribution in [2.75, 3.05) is 26.6 Å². The molecule has 3 rings (SSSR count). The SMILES string of the molecule is CCc1nnc(NC(=O)/C(C#N)=C\c2ccc(OCc3cc(OC)cc(OC)c3)c(OC)c2)s1. The monoisotopic (exact) mass is 480 g/mol. The number of carbonyl (C=O) groups excluding carboxylic acids is 1. The van der Waals surface area contributed by atoms with Gasteiger partial charge in [-0.15, -0.1) is 10.2 Å². The first-order valence-corrected chi connectivity index (χ1v) is 11.1. The van der Waals surface area contributed by atoms with E-state index in [4.69, 9.17) is 18.9 Å². The summed E-state index contributed by atoms with van der Waals surface area (Å²) >= 11 is 1.27. The maximum absolute atomic E-state index is 12.5. The summed E-state index contributed by atoms with van der Waals surface area (Å²) < 4.78 is 21.9. The number of hydrogen-bond acceptors (Lipinski definition) is 9. The predicted octanol–water partition coefficient (Wildman–Crippen LogP) is 4.25. The third-order valence-electron chi connectivity index (χ3n) is 4.66. The number of methoxy groups -OCH3 is 3. The van der Waals surface area contributed by atoms with Gasteiger partial charge in [-0.1, -0.05) is 24.3 Å². The summed E-state index contributed by atoms with van der Waals surface area (Å²) in [5, 5.41) is 21.1. The van der Waals surface area contributed by atoms with Gasteiger partial charge in [0.2, 0.25) is 5.13 Å². The van der Waals surface area contributed by atoms with Gasteiger partial charge in [0.05, 0.1) is 21.3 Å². The van der Waals surface area contributed by atoms with E-state index in [0.717, 1.165) is 10.6 Å². The van der Waals surface area contributed by atoms with Gasteiger partial charge in [0.1, 0.15) is 34.8 Å². The van der Waals surface area contributed by atoms with Crippen LogP contribution in [0, 0.1) is 11.3 Å². The normalized spacial score (nSPS) is 10.9. The van der Waals surface area contributed by atoms with E-state index in [1.807, 2.05) is 25.1 Å². The number of carbonyl (C=O) groups is 1. The number of rotatable bonds is 10. The van der Waals surface area contributed by atoms with Crippen LogP contribution < -0.4 is 24.3 Å². The summed E-state index contributed by atoms with van der Waals surface area (Å²) in [6.45, 7) is 2.20. The van der Waals surface area contributed by atoms with Crippen LogP contribution in [0.3, 0.4) is 0 Å². The Morgan fingerprint density at radius 2 is 1.79 bits per heavy atom. The van der Waals surface area contributed by atoms with E-state index in [2.05, 4.69) is 15.5 Å². The molecule has 0 aliphatic carbocycles. The molecule has 0 spiro atoms. The van der Waals surface area contributed by atoms with E-state index >= 15 is 0 Å². The molecule has 0 saturated carbocycles. The van der Waals surface area contributed by atoms with Crippen molar-refractivity contribution in [1.29, 1.82) is 5.26 Å². The van der Waals surface area contributed by atoms with Gasteiger partial charge in [-0.05, 0) is 47.9 Å². The Labute approximate surface area is 201 Å². The van der Waals surface area contributed by atoms with Crippen LogP contribution in [-0.2, 0) is 17.8 Å². The Kier molecular flexibility index (Phi) is 8.43. The highest BCUT2D eigenvalue weighted by Gasteiger charge is 2.14. The molecule has 3 aromatic rings. The lowest BCUT2D eigenvalue weighted by Crippen LogP contribution is -2.13. The van der Waals surface area contributed by atoms with Crippen molar-refractivity contribution in [1.82, 2.24) is 10.2 Å². The Morgan fingerprint density at radius 1 is 1.06 bits per heavy atom. The predicted molar refractivity (Wildman–Crippen MR) is 128 cm³/mol. The molecule has 0 atom stereocenters. The molecule has 1 amide bonds. The quantitative estimate of drug-likeness (QED) is 0.338. The molecular weight excluding hydrogens is 456 g/mol. The second-order valence-corrected chi connectivity index (χ2v) is 7.96. The zero-order valence-electron chi connectivity index (χ0n) is 19.2. The van der Waals surface area contributed by atoms with Crippen LogP contribution in [-0.4, -0.2) is 37.4 Å². The summed E-state index contributed by atoms with van der Waals surface area (Å²) in [5.74, 6) is 1.72. The van der Waals surface area contributed by atoms with Crippen molar-refractivity contribution in [2.24, 2.45) is 0 Å². The number of nitrogens with one attached hydrogen (secondary N) is 1. The summed E-state index contributed by atoms with van der Waals surface area (Å²) in [6.07, 6.45) is 2.18. The number of aryl methyl sites for hydroxylation is 1. The maximum atomic E-state index is 12.5. The minimum Gasteiger partial charge on any atom is -0.497 e. The molecule has 0 fully saturated rings. The third kappa shape index (κ3) is 6.24. The average molecular weight is 481 g/mol. The Morgan fingerprint density at radius 3 is 2.38 bits per heavy atom. The number of anilines is 1. The minimum atomic E-state index is -0.562. The lowest BCUT2D eigenvalue weighted by atomic mass is 10.1. The highest BCUT2D eigenvalue weighted by atomic mass is 32.1. The van der Waals surface area contributed by atoms with Gasteiger partial charge in [0.15, 0.2) is 11.5 Å². The van der Waals surface area contributed by atoms with Crippen molar-refractivity contribution < 1.29 is 23.7 Å². The fourth-order valence-corrected chi connectivity index (χ4v) is 3.61. The van der Waals surface area contributed by atoms with E-state index in [1.54, 1.807) is 38.5 Å². The van der Waals surface area contributed by atoms with Crippen LogP contribution in [0.25, 0.3) is 6.08 Å². The molecule has 9 nitrogen and oxygen atoms in total. The number of ether oxygens (including phenoxy) is 4. The molecule has 1 aromatic heterocycles. The van der Waals surface area contributed by atoms with Gasteiger partial charge >= 0.3 is 0 Å². The lowest BCUT2D eigenvalue weighted by Gasteiger charge is -2.13. The zero-order chi connectivity index (χ0) is 24.5. The summed E-state index contributed by atoms with van der Waals surface area (Å²) in [4.78, 5) is 12.5. The van der Waals surface area contributed by atoms with Crippen LogP contribution in [0.15, 0.2) is 42.0 Å². The molecule has 0 aliphatic heterocycles. The number of benzene rings is 2. The van der Waals surface area contributed by atoms with Gasteiger partial charge in [-0.25, -0.2) is 0 Å². The first-order valence-electron chi connectivity index (χ1n) is 10.3. The van der Waals surface area contributed by atoms with Crippen LogP contribution in [0.2, 0.25) is 0 Å². The van der Waals surface area contributed by atoms with E-state index in [9.17, 15) is 10.1 Å². The largest absolute Gasteiger partial charge is 0.497 e. The van der Waals surface area contributed by atoms with E-state index in [0.29, 0.717) is 40.1 Å². The van der Waals surface area contributed by atoms with Crippen LogP contribution in [0.1, 0.15) is 23.1 Å². The Bertz CT molecular complexity index is 1210. The molecule has 1 N–H and O–H groups in total. The smallest absolute Gasteiger partial charge is 0.268 e. The van der Waals surface area contributed by atoms with Gasteiger partial charge in [-0.3, -0.25) is 10.1 Å². The van der Waals surface area contributed by atoms with Crippen molar-refractivity contribution in [3.8, 4) is 29.1 Å². The Balaban J connectivity index is 1.75. The van der Waals surface area contributed by atoms with E-state index < -0.39 is 5.91 Å². The van der Waals surface area contributed by atoms with E-state index in [-0.39, 0.29) is 12.2 Å². The Hall–Kier alpha value is -4.10. The molecule has 0 bridgehead atoms. The van der Waals surface area contributed by atoms with Crippen molar-refractivity contribution in [3.05, 3.63) is 58.1 Å². The average Bonchev–Trinajstić information content (AvgIpc) is 3.33.